The van der Waals surface area contributed by atoms with E-state index < -0.39 is 0 Å². The first-order valence-electron chi connectivity index (χ1n) is 5.08. The fourth-order valence-corrected chi connectivity index (χ4v) is 2.45. The Morgan fingerprint density at radius 1 is 0.867 bits per heavy atom. The van der Waals surface area contributed by atoms with Crippen molar-refractivity contribution in [2.75, 3.05) is 0 Å². The highest BCUT2D eigenvalue weighted by molar-refractivity contribution is 7.98. The molecule has 0 aliphatic heterocycles. The van der Waals surface area contributed by atoms with Gasteiger partial charge in [0.05, 0.1) is 0 Å². The van der Waals surface area contributed by atoms with Gasteiger partial charge in [-0.15, -0.1) is 11.8 Å². The zero-order chi connectivity index (χ0) is 10.5. The second-order valence-corrected chi connectivity index (χ2v) is 4.58. The smallest absolute Gasteiger partial charge is 0.0234 e. The molecule has 0 heterocycles. The second-order valence-electron chi connectivity index (χ2n) is 3.53. The fraction of sp³-hybridized carbons (Fsp3) is 0.143. The molecule has 15 heavy (non-hydrogen) atoms. The zero-order valence-electron chi connectivity index (χ0n) is 8.81. The zero-order valence-corrected chi connectivity index (χ0v) is 9.63. The molecule has 0 N–H and O–H groups in total. The van der Waals surface area contributed by atoms with E-state index in [0.717, 1.165) is 5.75 Å². The summed E-state index contributed by atoms with van der Waals surface area (Å²) < 4.78 is 0. The minimum atomic E-state index is 1.05. The summed E-state index contributed by atoms with van der Waals surface area (Å²) in [5, 5.41) is 0. The van der Waals surface area contributed by atoms with E-state index in [-0.39, 0.29) is 0 Å². The Labute approximate surface area is 95.3 Å². The van der Waals surface area contributed by atoms with E-state index >= 15 is 0 Å². The maximum absolute atomic E-state index is 2.20. The van der Waals surface area contributed by atoms with Gasteiger partial charge in [0.2, 0.25) is 0 Å². The van der Waals surface area contributed by atoms with Crippen LogP contribution in [0.4, 0.5) is 0 Å². The van der Waals surface area contributed by atoms with Gasteiger partial charge in [-0.1, -0.05) is 42.5 Å². The number of hydrogen-bond acceptors (Lipinski definition) is 1. The molecule has 0 unspecified atom stereocenters. The summed E-state index contributed by atoms with van der Waals surface area (Å²) in [6.07, 6.45) is 0. The van der Waals surface area contributed by atoms with Crippen LogP contribution in [0.1, 0.15) is 11.1 Å². The van der Waals surface area contributed by atoms with E-state index in [2.05, 4.69) is 61.5 Å². The fourth-order valence-electron chi connectivity index (χ4n) is 1.45. The molecule has 0 saturated heterocycles. The maximum Gasteiger partial charge on any atom is 0.0234 e. The average molecular weight is 214 g/mol. The van der Waals surface area contributed by atoms with Crippen LogP contribution in [0.3, 0.4) is 0 Å². The van der Waals surface area contributed by atoms with Crippen LogP contribution in [-0.2, 0) is 5.75 Å². The molecule has 0 aliphatic rings. The Hall–Kier alpha value is -1.21. The summed E-state index contributed by atoms with van der Waals surface area (Å²) >= 11 is 1.89. The third-order valence-electron chi connectivity index (χ3n) is 2.40. The van der Waals surface area contributed by atoms with Gasteiger partial charge in [0.1, 0.15) is 0 Å². The standard InChI is InChI=1S/C14H14S/c1-12-7-5-6-8-13(12)11-15-14-9-3-2-4-10-14/h2-10H,11H2,1H3. The van der Waals surface area contributed by atoms with Crippen molar-refractivity contribution in [2.24, 2.45) is 0 Å². The van der Waals surface area contributed by atoms with Crippen LogP contribution in [0.25, 0.3) is 0 Å². The first kappa shape index (κ1) is 10.3. The third kappa shape index (κ3) is 2.87. The van der Waals surface area contributed by atoms with Gasteiger partial charge >= 0.3 is 0 Å². The van der Waals surface area contributed by atoms with Crippen molar-refractivity contribution in [2.45, 2.75) is 17.6 Å². The normalized spacial score (nSPS) is 10.2. The lowest BCUT2D eigenvalue weighted by Gasteiger charge is -2.04. The molecule has 0 aromatic heterocycles. The molecule has 1 heteroatoms. The Morgan fingerprint density at radius 3 is 2.27 bits per heavy atom. The van der Waals surface area contributed by atoms with Gasteiger partial charge in [0, 0.05) is 10.6 Å². The molecule has 0 radical (unpaired) electrons. The van der Waals surface area contributed by atoms with E-state index in [1.807, 2.05) is 11.8 Å². The van der Waals surface area contributed by atoms with Crippen LogP contribution in [0.2, 0.25) is 0 Å². The molecule has 0 amide bonds. The van der Waals surface area contributed by atoms with Gasteiger partial charge < -0.3 is 0 Å². The minimum absolute atomic E-state index is 1.05. The van der Waals surface area contributed by atoms with Gasteiger partial charge in [-0.05, 0) is 30.2 Å². The van der Waals surface area contributed by atoms with Crippen molar-refractivity contribution < 1.29 is 0 Å². The summed E-state index contributed by atoms with van der Waals surface area (Å²) in [6, 6.07) is 19.1. The van der Waals surface area contributed by atoms with Crippen LogP contribution in [-0.4, -0.2) is 0 Å². The molecule has 0 nitrogen and oxygen atoms in total. The van der Waals surface area contributed by atoms with Crippen molar-refractivity contribution in [3.8, 4) is 0 Å². The lowest BCUT2D eigenvalue weighted by atomic mass is 10.1. The summed E-state index contributed by atoms with van der Waals surface area (Å²) in [7, 11) is 0. The summed E-state index contributed by atoms with van der Waals surface area (Å²) in [5.74, 6) is 1.05. The molecule has 2 rings (SSSR count). The monoisotopic (exact) mass is 214 g/mol. The van der Waals surface area contributed by atoms with E-state index in [4.69, 9.17) is 0 Å². The highest BCUT2D eigenvalue weighted by Crippen LogP contribution is 2.23. The lowest BCUT2D eigenvalue weighted by Crippen LogP contribution is -1.84. The van der Waals surface area contributed by atoms with Crippen molar-refractivity contribution in [1.29, 1.82) is 0 Å². The van der Waals surface area contributed by atoms with Gasteiger partial charge in [0.25, 0.3) is 0 Å². The molecule has 0 saturated carbocycles. The van der Waals surface area contributed by atoms with Crippen LogP contribution >= 0.6 is 11.8 Å². The first-order valence-corrected chi connectivity index (χ1v) is 6.07. The second kappa shape index (κ2) is 5.04. The van der Waals surface area contributed by atoms with Crippen molar-refractivity contribution >= 4 is 11.8 Å². The Bertz CT molecular complexity index is 420. The molecular formula is C14H14S. The Kier molecular flexibility index (Phi) is 3.46. The molecule has 0 aliphatic carbocycles. The number of aryl methyl sites for hydroxylation is 1. The maximum atomic E-state index is 2.20. The number of rotatable bonds is 3. The molecular weight excluding hydrogens is 200 g/mol. The Balaban J connectivity index is 2.03. The highest BCUT2D eigenvalue weighted by Gasteiger charge is 1.97. The number of benzene rings is 2. The summed E-state index contributed by atoms with van der Waals surface area (Å²) in [6.45, 7) is 2.17. The summed E-state index contributed by atoms with van der Waals surface area (Å²) in [4.78, 5) is 1.33. The number of thioether (sulfide) groups is 1. The van der Waals surface area contributed by atoms with Crippen LogP contribution in [0.15, 0.2) is 59.5 Å². The largest absolute Gasteiger partial charge is 0.121 e. The van der Waals surface area contributed by atoms with E-state index in [1.54, 1.807) is 0 Å². The molecule has 76 valence electrons. The predicted octanol–water partition coefficient (Wildman–Crippen LogP) is 4.29. The van der Waals surface area contributed by atoms with E-state index in [0.29, 0.717) is 0 Å². The highest BCUT2D eigenvalue weighted by atomic mass is 32.2. The van der Waals surface area contributed by atoms with E-state index in [1.165, 1.54) is 16.0 Å². The molecule has 0 spiro atoms. The molecule has 0 atom stereocenters. The quantitative estimate of drug-likeness (QED) is 0.687. The van der Waals surface area contributed by atoms with Gasteiger partial charge in [-0.2, -0.15) is 0 Å². The minimum Gasteiger partial charge on any atom is -0.121 e. The van der Waals surface area contributed by atoms with Crippen LogP contribution in [0, 0.1) is 6.92 Å². The van der Waals surface area contributed by atoms with Crippen LogP contribution < -0.4 is 0 Å². The molecule has 0 bridgehead atoms. The SMILES string of the molecule is Cc1ccccc1CSc1ccccc1. The predicted molar refractivity (Wildman–Crippen MR) is 67.2 cm³/mol. The van der Waals surface area contributed by atoms with Gasteiger partial charge in [-0.25, -0.2) is 0 Å². The molecule has 2 aromatic rings. The molecule has 2 aromatic carbocycles. The first-order chi connectivity index (χ1) is 7.36. The summed E-state index contributed by atoms with van der Waals surface area (Å²) in [5.41, 5.74) is 2.80. The average Bonchev–Trinajstić information content (AvgIpc) is 2.29. The Morgan fingerprint density at radius 2 is 1.53 bits per heavy atom. The van der Waals surface area contributed by atoms with Gasteiger partial charge in [-0.3, -0.25) is 0 Å². The van der Waals surface area contributed by atoms with Crippen molar-refractivity contribution in [3.05, 3.63) is 65.7 Å². The van der Waals surface area contributed by atoms with Crippen molar-refractivity contribution in [3.63, 3.8) is 0 Å². The molecule has 0 fully saturated rings. The third-order valence-corrected chi connectivity index (χ3v) is 3.46. The lowest BCUT2D eigenvalue weighted by molar-refractivity contribution is 1.30. The topological polar surface area (TPSA) is 0 Å². The van der Waals surface area contributed by atoms with E-state index in [9.17, 15) is 0 Å². The van der Waals surface area contributed by atoms with Gasteiger partial charge in [0.15, 0.2) is 0 Å². The van der Waals surface area contributed by atoms with Crippen molar-refractivity contribution in [1.82, 2.24) is 0 Å². The van der Waals surface area contributed by atoms with Crippen LogP contribution in [0.5, 0.6) is 0 Å². The number of hydrogen-bond donors (Lipinski definition) is 0.